The number of likely N-dealkylation sites (tertiary alicyclic amines) is 1. The molecule has 1 aliphatic rings. The molecule has 1 amide bonds. The number of nitrogens with one attached hydrogen (secondary N) is 1. The first-order valence-electron chi connectivity index (χ1n) is 6.50. The second-order valence-electron chi connectivity index (χ2n) is 6.03. The molecule has 0 aromatic rings. The largest absolute Gasteiger partial charge is 0.480 e. The van der Waals surface area contributed by atoms with Gasteiger partial charge in [0.1, 0.15) is 6.04 Å². The van der Waals surface area contributed by atoms with E-state index >= 15 is 0 Å². The molecule has 104 valence electrons. The number of hydrogen-bond donors (Lipinski definition) is 2. The Bertz CT molecular complexity index is 326. The van der Waals surface area contributed by atoms with Crippen molar-refractivity contribution < 1.29 is 14.7 Å². The fourth-order valence-corrected chi connectivity index (χ4v) is 2.71. The standard InChI is InChI=1S/C13H24N2O3/c1-9(2)14-10(16)8-15-7-5-6-13(3,4)11(15)12(17)18/h9,11H,5-8H2,1-4H3,(H,14,16)(H,17,18). The molecule has 0 spiro atoms. The second kappa shape index (κ2) is 5.69. The number of carbonyl (C=O) groups excluding carboxylic acids is 1. The van der Waals surface area contributed by atoms with Crippen molar-refractivity contribution in [2.24, 2.45) is 5.41 Å². The van der Waals surface area contributed by atoms with Gasteiger partial charge in [-0.25, -0.2) is 0 Å². The molecule has 1 heterocycles. The van der Waals surface area contributed by atoms with Crippen LogP contribution in [-0.4, -0.2) is 47.1 Å². The van der Waals surface area contributed by atoms with Crippen LogP contribution in [0.3, 0.4) is 0 Å². The molecule has 1 unspecified atom stereocenters. The molecule has 1 fully saturated rings. The Morgan fingerprint density at radius 3 is 2.56 bits per heavy atom. The Morgan fingerprint density at radius 2 is 2.06 bits per heavy atom. The van der Waals surface area contributed by atoms with Crippen molar-refractivity contribution in [2.75, 3.05) is 13.1 Å². The summed E-state index contributed by atoms with van der Waals surface area (Å²) in [6.45, 7) is 8.54. The predicted octanol–water partition coefficient (Wildman–Crippen LogP) is 1.09. The number of carbonyl (C=O) groups is 2. The zero-order valence-electron chi connectivity index (χ0n) is 11.7. The van der Waals surface area contributed by atoms with E-state index in [4.69, 9.17) is 0 Å². The van der Waals surface area contributed by atoms with Gasteiger partial charge < -0.3 is 10.4 Å². The van der Waals surface area contributed by atoms with Gasteiger partial charge in [0.2, 0.25) is 5.91 Å². The van der Waals surface area contributed by atoms with Crippen LogP contribution in [-0.2, 0) is 9.59 Å². The highest BCUT2D eigenvalue weighted by Gasteiger charge is 2.42. The molecule has 0 aromatic heterocycles. The van der Waals surface area contributed by atoms with Crippen molar-refractivity contribution in [3.05, 3.63) is 0 Å². The van der Waals surface area contributed by atoms with Gasteiger partial charge in [-0.15, -0.1) is 0 Å². The minimum Gasteiger partial charge on any atom is -0.480 e. The lowest BCUT2D eigenvalue weighted by Crippen LogP contribution is -2.56. The van der Waals surface area contributed by atoms with Gasteiger partial charge in [0, 0.05) is 6.04 Å². The number of carboxylic acids is 1. The molecule has 0 radical (unpaired) electrons. The zero-order valence-corrected chi connectivity index (χ0v) is 11.7. The van der Waals surface area contributed by atoms with E-state index in [1.54, 1.807) is 4.90 Å². The van der Waals surface area contributed by atoms with Gasteiger partial charge in [0.05, 0.1) is 6.54 Å². The van der Waals surface area contributed by atoms with E-state index in [1.165, 1.54) is 0 Å². The molecular formula is C13H24N2O3. The Kier molecular flexibility index (Phi) is 4.73. The average Bonchev–Trinajstić information content (AvgIpc) is 2.13. The summed E-state index contributed by atoms with van der Waals surface area (Å²) in [7, 11) is 0. The van der Waals surface area contributed by atoms with Crippen LogP contribution in [0, 0.1) is 5.41 Å². The van der Waals surface area contributed by atoms with Gasteiger partial charge in [0.25, 0.3) is 0 Å². The second-order valence-corrected chi connectivity index (χ2v) is 6.03. The lowest BCUT2D eigenvalue weighted by atomic mass is 9.76. The van der Waals surface area contributed by atoms with Crippen LogP contribution in [0.25, 0.3) is 0 Å². The molecule has 18 heavy (non-hydrogen) atoms. The van der Waals surface area contributed by atoms with Gasteiger partial charge in [-0.2, -0.15) is 0 Å². The molecule has 1 saturated heterocycles. The number of carboxylic acid groups (broad SMARTS) is 1. The van der Waals surface area contributed by atoms with Crippen LogP contribution in [0.15, 0.2) is 0 Å². The van der Waals surface area contributed by atoms with Crippen LogP contribution >= 0.6 is 0 Å². The summed E-state index contributed by atoms with van der Waals surface area (Å²) in [4.78, 5) is 24.9. The van der Waals surface area contributed by atoms with Crippen molar-refractivity contribution >= 4 is 11.9 Å². The van der Waals surface area contributed by atoms with Crippen LogP contribution in [0.1, 0.15) is 40.5 Å². The van der Waals surface area contributed by atoms with Gasteiger partial charge in [-0.1, -0.05) is 13.8 Å². The lowest BCUT2D eigenvalue weighted by molar-refractivity contribution is -0.151. The van der Waals surface area contributed by atoms with E-state index in [0.29, 0.717) is 6.54 Å². The highest BCUT2D eigenvalue weighted by Crippen LogP contribution is 2.35. The third-order valence-electron chi connectivity index (χ3n) is 3.40. The van der Waals surface area contributed by atoms with E-state index < -0.39 is 12.0 Å². The first-order valence-corrected chi connectivity index (χ1v) is 6.50. The van der Waals surface area contributed by atoms with E-state index in [2.05, 4.69) is 5.32 Å². The summed E-state index contributed by atoms with van der Waals surface area (Å²) < 4.78 is 0. The Morgan fingerprint density at radius 1 is 1.44 bits per heavy atom. The topological polar surface area (TPSA) is 69.6 Å². The Labute approximate surface area is 109 Å². The molecular weight excluding hydrogens is 232 g/mol. The average molecular weight is 256 g/mol. The quantitative estimate of drug-likeness (QED) is 0.790. The fourth-order valence-electron chi connectivity index (χ4n) is 2.71. The highest BCUT2D eigenvalue weighted by atomic mass is 16.4. The highest BCUT2D eigenvalue weighted by molar-refractivity contribution is 5.80. The number of amides is 1. The first kappa shape index (κ1) is 15.0. The Balaban J connectivity index is 2.73. The van der Waals surface area contributed by atoms with E-state index in [0.717, 1.165) is 12.8 Å². The Hall–Kier alpha value is -1.10. The van der Waals surface area contributed by atoms with Crippen molar-refractivity contribution in [1.82, 2.24) is 10.2 Å². The van der Waals surface area contributed by atoms with Gasteiger partial charge in [0.15, 0.2) is 0 Å². The minimum absolute atomic E-state index is 0.0820. The molecule has 1 atom stereocenters. The minimum atomic E-state index is -0.836. The summed E-state index contributed by atoms with van der Waals surface area (Å²) in [5, 5.41) is 12.2. The van der Waals surface area contributed by atoms with Crippen molar-refractivity contribution in [1.29, 1.82) is 0 Å². The molecule has 0 aromatic carbocycles. The first-order chi connectivity index (χ1) is 8.24. The molecule has 5 heteroatoms. The third kappa shape index (κ3) is 3.70. The molecule has 1 aliphatic heterocycles. The summed E-state index contributed by atoms with van der Waals surface area (Å²) in [6.07, 6.45) is 1.82. The maximum absolute atomic E-state index is 11.8. The number of aliphatic carboxylic acids is 1. The van der Waals surface area contributed by atoms with Crippen molar-refractivity contribution in [3.8, 4) is 0 Å². The van der Waals surface area contributed by atoms with Crippen LogP contribution in [0.4, 0.5) is 0 Å². The van der Waals surface area contributed by atoms with Crippen LogP contribution in [0.2, 0.25) is 0 Å². The van der Waals surface area contributed by atoms with Crippen LogP contribution < -0.4 is 5.32 Å². The molecule has 1 rings (SSSR count). The zero-order chi connectivity index (χ0) is 13.9. The fraction of sp³-hybridized carbons (Fsp3) is 0.846. The molecule has 5 nitrogen and oxygen atoms in total. The number of rotatable bonds is 4. The van der Waals surface area contributed by atoms with E-state index in [-0.39, 0.29) is 23.9 Å². The number of nitrogens with zero attached hydrogens (tertiary/aromatic N) is 1. The maximum atomic E-state index is 11.8. The van der Waals surface area contributed by atoms with Gasteiger partial charge in [-0.3, -0.25) is 14.5 Å². The molecule has 0 bridgehead atoms. The molecule has 2 N–H and O–H groups in total. The lowest BCUT2D eigenvalue weighted by Gasteiger charge is -2.43. The summed E-state index contributed by atoms with van der Waals surface area (Å²) >= 11 is 0. The van der Waals surface area contributed by atoms with Gasteiger partial charge >= 0.3 is 5.97 Å². The smallest absolute Gasteiger partial charge is 0.321 e. The monoisotopic (exact) mass is 256 g/mol. The summed E-state index contributed by atoms with van der Waals surface area (Å²) in [6, 6.07) is -0.497. The maximum Gasteiger partial charge on any atom is 0.321 e. The predicted molar refractivity (Wildman–Crippen MR) is 69.3 cm³/mol. The molecule has 0 saturated carbocycles. The summed E-state index contributed by atoms with van der Waals surface area (Å²) in [5.74, 6) is -0.939. The SMILES string of the molecule is CC(C)NC(=O)CN1CCCC(C)(C)C1C(=O)O. The number of hydrogen-bond acceptors (Lipinski definition) is 3. The summed E-state index contributed by atoms with van der Waals surface area (Å²) in [5.41, 5.74) is -0.289. The number of piperidine rings is 1. The normalized spacial score (nSPS) is 23.9. The third-order valence-corrected chi connectivity index (χ3v) is 3.40. The van der Waals surface area contributed by atoms with E-state index in [9.17, 15) is 14.7 Å². The van der Waals surface area contributed by atoms with Crippen LogP contribution in [0.5, 0.6) is 0 Å². The molecule has 0 aliphatic carbocycles. The van der Waals surface area contributed by atoms with Gasteiger partial charge in [-0.05, 0) is 38.6 Å². The van der Waals surface area contributed by atoms with E-state index in [1.807, 2.05) is 27.7 Å². The van der Waals surface area contributed by atoms with Crippen molar-refractivity contribution in [2.45, 2.75) is 52.6 Å². The van der Waals surface area contributed by atoms with Crippen molar-refractivity contribution in [3.63, 3.8) is 0 Å².